The maximum absolute atomic E-state index is 11.9. The van der Waals surface area contributed by atoms with Crippen molar-refractivity contribution in [1.29, 1.82) is 0 Å². The number of aromatic amines is 1. The highest BCUT2D eigenvalue weighted by atomic mass is 16.3. The van der Waals surface area contributed by atoms with Crippen molar-refractivity contribution in [1.82, 2.24) is 19.5 Å². The Morgan fingerprint density at radius 1 is 1.56 bits per heavy atom. The number of anilines is 1. The Hall–Kier alpha value is -2.29. The number of H-pyrrole nitrogens is 1. The van der Waals surface area contributed by atoms with Crippen molar-refractivity contribution in [2.24, 2.45) is 5.18 Å². The highest BCUT2D eigenvalue weighted by molar-refractivity contribution is 5.70. The van der Waals surface area contributed by atoms with E-state index in [9.17, 15) is 14.8 Å². The Labute approximate surface area is 87.1 Å². The molecule has 1 aliphatic heterocycles. The molecule has 0 radical (unpaired) electrons. The van der Waals surface area contributed by atoms with Gasteiger partial charge in [0.25, 0.3) is 5.56 Å². The summed E-state index contributed by atoms with van der Waals surface area (Å²) in [6.45, 7) is 0. The van der Waals surface area contributed by atoms with Gasteiger partial charge in [-0.1, -0.05) is 0 Å². The molecule has 16 heavy (non-hydrogen) atoms. The maximum atomic E-state index is 11.9. The molecule has 1 aliphatic rings. The summed E-state index contributed by atoms with van der Waals surface area (Å²) in [7, 11) is 0. The van der Waals surface area contributed by atoms with Gasteiger partial charge in [0.05, 0.1) is 6.33 Å². The van der Waals surface area contributed by atoms with Crippen LogP contribution in [0.5, 0.6) is 0 Å². The van der Waals surface area contributed by atoms with Crippen LogP contribution in [0.2, 0.25) is 0 Å². The van der Waals surface area contributed by atoms with Crippen LogP contribution in [-0.2, 0) is 0 Å². The van der Waals surface area contributed by atoms with E-state index in [0.29, 0.717) is 5.65 Å². The summed E-state index contributed by atoms with van der Waals surface area (Å²) in [5, 5.41) is 14.8. The Kier molecular flexibility index (Phi) is 1.60. The SMILES string of the molecule is O=NC1Nc2nc3[nH]cnc3c(=O)n2C1O. The van der Waals surface area contributed by atoms with E-state index >= 15 is 0 Å². The minimum atomic E-state index is -1.35. The number of nitroso groups, excluding NO2 is 1. The first-order valence-corrected chi connectivity index (χ1v) is 4.45. The van der Waals surface area contributed by atoms with Crippen molar-refractivity contribution in [2.45, 2.75) is 12.4 Å². The van der Waals surface area contributed by atoms with Crippen molar-refractivity contribution in [3.8, 4) is 0 Å². The molecule has 0 saturated carbocycles. The summed E-state index contributed by atoms with van der Waals surface area (Å²) in [6.07, 6.45) is -1.13. The molecule has 0 fully saturated rings. The van der Waals surface area contributed by atoms with Crippen LogP contribution in [0.4, 0.5) is 5.95 Å². The summed E-state index contributed by atoms with van der Waals surface area (Å²) < 4.78 is 0.954. The van der Waals surface area contributed by atoms with Gasteiger partial charge in [-0.25, -0.2) is 9.55 Å². The Balaban J connectivity index is 2.34. The third-order valence-corrected chi connectivity index (χ3v) is 2.42. The van der Waals surface area contributed by atoms with E-state index in [4.69, 9.17) is 0 Å². The van der Waals surface area contributed by atoms with Crippen LogP contribution in [0.15, 0.2) is 16.3 Å². The lowest BCUT2D eigenvalue weighted by atomic mass is 10.4. The van der Waals surface area contributed by atoms with Gasteiger partial charge in [0.2, 0.25) is 12.1 Å². The van der Waals surface area contributed by atoms with Gasteiger partial charge in [-0.05, 0) is 5.18 Å². The standard InChI is InChI=1S/C7H6N6O3/c14-5-2-3(9-1-8-2)10-7-11-4(12-16)6(15)13(5)7/h1,4,6,15H,(H,8,9)(H,10,11). The molecule has 0 spiro atoms. The van der Waals surface area contributed by atoms with E-state index < -0.39 is 18.0 Å². The van der Waals surface area contributed by atoms with E-state index in [1.54, 1.807) is 0 Å². The molecule has 3 N–H and O–H groups in total. The first-order valence-electron chi connectivity index (χ1n) is 4.45. The molecule has 0 amide bonds. The number of imidazole rings is 1. The number of aliphatic hydroxyl groups excluding tert-OH is 1. The van der Waals surface area contributed by atoms with Crippen LogP contribution in [0.25, 0.3) is 11.2 Å². The van der Waals surface area contributed by atoms with Gasteiger partial charge < -0.3 is 15.4 Å². The predicted octanol–water partition coefficient (Wildman–Crippen LogP) is -0.872. The van der Waals surface area contributed by atoms with Gasteiger partial charge in [-0.3, -0.25) is 4.79 Å². The summed E-state index contributed by atoms with van der Waals surface area (Å²) >= 11 is 0. The fraction of sp³-hybridized carbons (Fsp3) is 0.286. The molecule has 2 aromatic heterocycles. The molecule has 3 heterocycles. The first-order chi connectivity index (χ1) is 7.72. The molecule has 0 aromatic carbocycles. The molecular weight excluding hydrogens is 216 g/mol. The zero-order valence-corrected chi connectivity index (χ0v) is 7.78. The summed E-state index contributed by atoms with van der Waals surface area (Å²) in [4.78, 5) is 32.7. The molecular formula is C7H6N6O3. The number of hydrogen-bond donors (Lipinski definition) is 3. The Morgan fingerprint density at radius 3 is 3.12 bits per heavy atom. The van der Waals surface area contributed by atoms with Gasteiger partial charge >= 0.3 is 0 Å². The zero-order chi connectivity index (χ0) is 11.3. The van der Waals surface area contributed by atoms with Gasteiger partial charge in [0.1, 0.15) is 0 Å². The molecule has 82 valence electrons. The minimum Gasteiger partial charge on any atom is -0.369 e. The average molecular weight is 222 g/mol. The molecule has 2 aromatic rings. The van der Waals surface area contributed by atoms with Crippen molar-refractivity contribution in [2.75, 3.05) is 5.32 Å². The van der Waals surface area contributed by atoms with Crippen molar-refractivity contribution in [3.63, 3.8) is 0 Å². The highest BCUT2D eigenvalue weighted by Crippen LogP contribution is 2.24. The molecule has 2 unspecified atom stereocenters. The number of fused-ring (bicyclic) bond motifs is 2. The number of hydrogen-bond acceptors (Lipinski definition) is 7. The van der Waals surface area contributed by atoms with Gasteiger partial charge in [0, 0.05) is 0 Å². The number of aliphatic hydroxyl groups is 1. The topological polar surface area (TPSA) is 125 Å². The maximum Gasteiger partial charge on any atom is 0.285 e. The average Bonchev–Trinajstić information content (AvgIpc) is 2.84. The highest BCUT2D eigenvalue weighted by Gasteiger charge is 2.34. The normalized spacial score (nSPS) is 23.1. The second kappa shape index (κ2) is 2.85. The molecule has 0 bridgehead atoms. The second-order valence-corrected chi connectivity index (χ2v) is 3.32. The van der Waals surface area contributed by atoms with E-state index in [1.807, 2.05) is 0 Å². The quantitative estimate of drug-likeness (QED) is 0.538. The van der Waals surface area contributed by atoms with Crippen LogP contribution >= 0.6 is 0 Å². The Bertz CT molecular complexity index is 631. The lowest BCUT2D eigenvalue weighted by molar-refractivity contribution is 0.0983. The molecule has 2 atom stereocenters. The van der Waals surface area contributed by atoms with E-state index in [1.165, 1.54) is 6.33 Å². The fourth-order valence-electron chi connectivity index (χ4n) is 1.68. The van der Waals surface area contributed by atoms with Crippen LogP contribution in [0, 0.1) is 4.91 Å². The van der Waals surface area contributed by atoms with E-state index in [0.717, 1.165) is 4.57 Å². The summed E-state index contributed by atoms with van der Waals surface area (Å²) in [6, 6.07) is 0. The van der Waals surface area contributed by atoms with Gasteiger partial charge in [-0.15, -0.1) is 4.91 Å². The molecule has 0 saturated heterocycles. The summed E-state index contributed by atoms with van der Waals surface area (Å²) in [5.41, 5.74) is -0.119. The lowest BCUT2D eigenvalue weighted by Crippen LogP contribution is -2.26. The smallest absolute Gasteiger partial charge is 0.285 e. The van der Waals surface area contributed by atoms with E-state index in [-0.39, 0.29) is 11.5 Å². The third-order valence-electron chi connectivity index (χ3n) is 2.42. The third kappa shape index (κ3) is 0.945. The molecule has 9 nitrogen and oxygen atoms in total. The van der Waals surface area contributed by atoms with Crippen LogP contribution in [0.3, 0.4) is 0 Å². The van der Waals surface area contributed by atoms with E-state index in [2.05, 4.69) is 25.4 Å². The van der Waals surface area contributed by atoms with Crippen LogP contribution in [0.1, 0.15) is 6.23 Å². The Morgan fingerprint density at radius 2 is 2.38 bits per heavy atom. The number of nitrogens with zero attached hydrogens (tertiary/aromatic N) is 4. The molecule has 0 aliphatic carbocycles. The zero-order valence-electron chi connectivity index (χ0n) is 7.78. The van der Waals surface area contributed by atoms with Crippen molar-refractivity contribution >= 4 is 17.1 Å². The monoisotopic (exact) mass is 222 g/mol. The first kappa shape index (κ1) is 8.97. The number of rotatable bonds is 1. The van der Waals surface area contributed by atoms with Gasteiger partial charge in [-0.2, -0.15) is 4.98 Å². The van der Waals surface area contributed by atoms with Gasteiger partial charge in [0.15, 0.2) is 17.4 Å². The second-order valence-electron chi connectivity index (χ2n) is 3.32. The summed E-state index contributed by atoms with van der Waals surface area (Å²) in [5.74, 6) is 0.0962. The fourth-order valence-corrected chi connectivity index (χ4v) is 1.68. The largest absolute Gasteiger partial charge is 0.369 e. The van der Waals surface area contributed by atoms with Crippen LogP contribution < -0.4 is 10.9 Å². The predicted molar refractivity (Wildman–Crippen MR) is 52.6 cm³/mol. The van der Waals surface area contributed by atoms with Crippen molar-refractivity contribution in [3.05, 3.63) is 21.6 Å². The molecule has 9 heteroatoms. The lowest BCUT2D eigenvalue weighted by Gasteiger charge is -2.06. The van der Waals surface area contributed by atoms with Crippen molar-refractivity contribution < 1.29 is 5.11 Å². The number of nitrogens with one attached hydrogen (secondary N) is 2. The number of aromatic nitrogens is 4. The minimum absolute atomic E-state index is 0.0962. The molecule has 3 rings (SSSR count). The van der Waals surface area contributed by atoms with Crippen LogP contribution in [-0.4, -0.2) is 30.8 Å².